The molecule has 4 rings (SSSR count). The lowest BCUT2D eigenvalue weighted by atomic mass is 9.98. The molecule has 0 saturated carbocycles. The molecule has 7 nitrogen and oxygen atoms in total. The van der Waals surface area contributed by atoms with Crippen molar-refractivity contribution in [2.75, 3.05) is 30.4 Å². The first-order valence-electron chi connectivity index (χ1n) is 9.74. The predicted octanol–water partition coefficient (Wildman–Crippen LogP) is 1.83. The number of carbonyl (C=O) groups is 3. The van der Waals surface area contributed by atoms with Gasteiger partial charge in [-0.1, -0.05) is 18.2 Å². The van der Waals surface area contributed by atoms with E-state index in [2.05, 4.69) is 10.6 Å². The fraction of sp³-hybridized carbons (Fsp3) is 0.318. The molecule has 7 heteroatoms. The van der Waals surface area contributed by atoms with Crippen LogP contribution in [0.5, 0.6) is 5.75 Å². The number of nitrogens with one attached hydrogen (secondary N) is 2. The molecule has 0 saturated heterocycles. The van der Waals surface area contributed by atoms with E-state index in [4.69, 9.17) is 4.74 Å². The Bertz CT molecular complexity index is 986. The fourth-order valence-electron chi connectivity index (χ4n) is 4.02. The van der Waals surface area contributed by atoms with E-state index in [-0.39, 0.29) is 5.91 Å². The van der Waals surface area contributed by atoms with Gasteiger partial charge < -0.3 is 20.3 Å². The second kappa shape index (κ2) is 7.95. The van der Waals surface area contributed by atoms with Crippen molar-refractivity contribution in [3.05, 3.63) is 53.1 Å². The molecule has 0 radical (unpaired) electrons. The number of hydrogen-bond acceptors (Lipinski definition) is 4. The zero-order valence-electron chi connectivity index (χ0n) is 16.3. The van der Waals surface area contributed by atoms with Crippen LogP contribution in [0.1, 0.15) is 23.1 Å². The molecule has 3 amide bonds. The summed E-state index contributed by atoms with van der Waals surface area (Å²) in [6, 6.07) is 11.3. The van der Waals surface area contributed by atoms with Crippen LogP contribution in [0.25, 0.3) is 0 Å². The third kappa shape index (κ3) is 3.81. The smallest absolute Gasteiger partial charge is 0.313 e. The van der Waals surface area contributed by atoms with Gasteiger partial charge in [0, 0.05) is 25.2 Å². The van der Waals surface area contributed by atoms with E-state index in [1.165, 1.54) is 0 Å². The second-order valence-corrected chi connectivity index (χ2v) is 7.21. The minimum atomic E-state index is -0.695. The maximum Gasteiger partial charge on any atom is 0.313 e. The highest BCUT2D eigenvalue weighted by molar-refractivity contribution is 6.39. The highest BCUT2D eigenvalue weighted by atomic mass is 16.5. The van der Waals surface area contributed by atoms with E-state index in [1.54, 1.807) is 7.11 Å². The number of nitrogens with zero attached hydrogens (tertiary/aromatic N) is 1. The van der Waals surface area contributed by atoms with E-state index in [0.29, 0.717) is 38.0 Å². The van der Waals surface area contributed by atoms with Crippen molar-refractivity contribution < 1.29 is 19.1 Å². The number of para-hydroxylation sites is 1. The van der Waals surface area contributed by atoms with Crippen molar-refractivity contribution in [3.63, 3.8) is 0 Å². The standard InChI is InChI=1S/C22H23N3O4/c1-29-18-5-3-2-4-14(18)8-10-23-21(27)22(28)24-17-12-15-6-7-19(26)25-11-9-16(13-17)20(15)25/h2-5,12-13H,6-11H2,1H3,(H,23,27)(H,24,28). The molecule has 0 aromatic heterocycles. The number of aryl methyl sites for hydroxylation is 1. The minimum absolute atomic E-state index is 0.155. The van der Waals surface area contributed by atoms with Gasteiger partial charge in [-0.25, -0.2) is 0 Å². The summed E-state index contributed by atoms with van der Waals surface area (Å²) < 4.78 is 5.29. The molecular formula is C22H23N3O4. The maximum atomic E-state index is 12.3. The Balaban J connectivity index is 1.36. The molecule has 2 heterocycles. The second-order valence-electron chi connectivity index (χ2n) is 7.21. The van der Waals surface area contributed by atoms with Gasteiger partial charge in [0.15, 0.2) is 0 Å². The highest BCUT2D eigenvalue weighted by Gasteiger charge is 2.31. The molecule has 2 aliphatic heterocycles. The van der Waals surface area contributed by atoms with Gasteiger partial charge in [-0.3, -0.25) is 14.4 Å². The van der Waals surface area contributed by atoms with Gasteiger partial charge in [-0.15, -0.1) is 0 Å². The number of anilines is 2. The number of hydrogen-bond donors (Lipinski definition) is 2. The molecule has 0 unspecified atom stereocenters. The molecule has 0 fully saturated rings. The van der Waals surface area contributed by atoms with Crippen molar-refractivity contribution in [1.82, 2.24) is 5.32 Å². The summed E-state index contributed by atoms with van der Waals surface area (Å²) in [6.07, 6.45) is 2.47. The zero-order valence-corrected chi connectivity index (χ0v) is 16.3. The Hall–Kier alpha value is -3.35. The Labute approximate surface area is 169 Å². The van der Waals surface area contributed by atoms with Crippen molar-refractivity contribution in [2.45, 2.75) is 25.7 Å². The topological polar surface area (TPSA) is 87.7 Å². The number of ether oxygens (including phenoxy) is 1. The molecular weight excluding hydrogens is 370 g/mol. The first-order valence-corrected chi connectivity index (χ1v) is 9.74. The number of rotatable bonds is 5. The summed E-state index contributed by atoms with van der Waals surface area (Å²) >= 11 is 0. The predicted molar refractivity (Wildman–Crippen MR) is 109 cm³/mol. The van der Waals surface area contributed by atoms with Crippen molar-refractivity contribution in [3.8, 4) is 5.75 Å². The van der Waals surface area contributed by atoms with E-state index in [9.17, 15) is 14.4 Å². The third-order valence-electron chi connectivity index (χ3n) is 5.39. The van der Waals surface area contributed by atoms with Crippen LogP contribution in [-0.4, -0.2) is 37.9 Å². The van der Waals surface area contributed by atoms with Crippen LogP contribution in [0.2, 0.25) is 0 Å². The van der Waals surface area contributed by atoms with Gasteiger partial charge in [-0.2, -0.15) is 0 Å². The quantitative estimate of drug-likeness (QED) is 0.759. The SMILES string of the molecule is COc1ccccc1CCNC(=O)C(=O)Nc1cc2c3c(c1)CCN3C(=O)CC2. The van der Waals surface area contributed by atoms with Crippen LogP contribution in [0.4, 0.5) is 11.4 Å². The molecule has 0 aliphatic carbocycles. The van der Waals surface area contributed by atoms with Gasteiger partial charge in [0.05, 0.1) is 12.8 Å². The lowest BCUT2D eigenvalue weighted by Gasteiger charge is -2.25. The fourth-order valence-corrected chi connectivity index (χ4v) is 4.02. The Kier molecular flexibility index (Phi) is 5.20. The normalized spacial score (nSPS) is 14.4. The zero-order chi connectivity index (χ0) is 20.4. The maximum absolute atomic E-state index is 12.3. The minimum Gasteiger partial charge on any atom is -0.496 e. The molecule has 2 aliphatic rings. The van der Waals surface area contributed by atoms with Crippen LogP contribution in [0.15, 0.2) is 36.4 Å². The summed E-state index contributed by atoms with van der Waals surface area (Å²) in [5, 5.41) is 5.34. The molecule has 0 spiro atoms. The van der Waals surface area contributed by atoms with E-state index in [0.717, 1.165) is 34.5 Å². The van der Waals surface area contributed by atoms with Crippen molar-refractivity contribution in [1.29, 1.82) is 0 Å². The van der Waals surface area contributed by atoms with E-state index < -0.39 is 11.8 Å². The molecule has 2 N–H and O–H groups in total. The first-order chi connectivity index (χ1) is 14.1. The molecule has 150 valence electrons. The molecule has 0 atom stereocenters. The molecule has 29 heavy (non-hydrogen) atoms. The number of carbonyl (C=O) groups excluding carboxylic acids is 3. The summed E-state index contributed by atoms with van der Waals surface area (Å²) in [5.41, 5.74) is 4.64. The first kappa shape index (κ1) is 19.0. The summed E-state index contributed by atoms with van der Waals surface area (Å²) in [7, 11) is 1.60. The van der Waals surface area contributed by atoms with Crippen molar-refractivity contribution >= 4 is 29.1 Å². The van der Waals surface area contributed by atoms with Crippen LogP contribution in [0, 0.1) is 0 Å². The highest BCUT2D eigenvalue weighted by Crippen LogP contribution is 2.38. The van der Waals surface area contributed by atoms with Gasteiger partial charge in [-0.05, 0) is 54.2 Å². The van der Waals surface area contributed by atoms with Gasteiger partial charge in [0.1, 0.15) is 5.75 Å². The van der Waals surface area contributed by atoms with Crippen molar-refractivity contribution in [2.24, 2.45) is 0 Å². The Morgan fingerprint density at radius 1 is 1.07 bits per heavy atom. The average Bonchev–Trinajstić information content (AvgIpc) is 3.16. The largest absolute Gasteiger partial charge is 0.496 e. The summed E-state index contributed by atoms with van der Waals surface area (Å²) in [5.74, 6) is -0.460. The van der Waals surface area contributed by atoms with Crippen LogP contribution in [0.3, 0.4) is 0 Å². The Morgan fingerprint density at radius 2 is 1.83 bits per heavy atom. The third-order valence-corrected chi connectivity index (χ3v) is 5.39. The van der Waals surface area contributed by atoms with Crippen LogP contribution < -0.4 is 20.3 Å². The van der Waals surface area contributed by atoms with Gasteiger partial charge >= 0.3 is 11.8 Å². The molecule has 2 aromatic carbocycles. The van der Waals surface area contributed by atoms with Crippen LogP contribution >= 0.6 is 0 Å². The lowest BCUT2D eigenvalue weighted by Crippen LogP contribution is -2.36. The van der Waals surface area contributed by atoms with Gasteiger partial charge in [0.25, 0.3) is 0 Å². The number of methoxy groups -OCH3 is 1. The van der Waals surface area contributed by atoms with Gasteiger partial charge in [0.2, 0.25) is 5.91 Å². The Morgan fingerprint density at radius 3 is 2.62 bits per heavy atom. The summed E-state index contributed by atoms with van der Waals surface area (Å²) in [6.45, 7) is 1.02. The lowest BCUT2D eigenvalue weighted by molar-refractivity contribution is -0.136. The summed E-state index contributed by atoms with van der Waals surface area (Å²) in [4.78, 5) is 38.3. The van der Waals surface area contributed by atoms with E-state index in [1.807, 2.05) is 41.3 Å². The molecule has 0 bridgehead atoms. The number of amides is 3. The van der Waals surface area contributed by atoms with Crippen LogP contribution in [-0.2, 0) is 33.6 Å². The number of benzene rings is 2. The monoisotopic (exact) mass is 393 g/mol. The molecule has 2 aromatic rings. The van der Waals surface area contributed by atoms with E-state index >= 15 is 0 Å². The average molecular weight is 393 g/mol.